The van der Waals surface area contributed by atoms with Crippen LogP contribution < -0.4 is 0 Å². The summed E-state index contributed by atoms with van der Waals surface area (Å²) in [7, 11) is 1.66. The van der Waals surface area contributed by atoms with Crippen molar-refractivity contribution in [3.8, 4) is 0 Å². The van der Waals surface area contributed by atoms with E-state index in [9.17, 15) is 4.79 Å². The summed E-state index contributed by atoms with van der Waals surface area (Å²) in [6, 6.07) is 0. The predicted molar refractivity (Wildman–Crippen MR) is 54.7 cm³/mol. The molecule has 78 valence electrons. The summed E-state index contributed by atoms with van der Waals surface area (Å²) in [6.45, 7) is 10.5. The zero-order valence-electron chi connectivity index (χ0n) is 9.68. The number of carbonyl (C=O) groups is 1. The Morgan fingerprint density at radius 2 is 1.62 bits per heavy atom. The van der Waals surface area contributed by atoms with Gasteiger partial charge >= 0.3 is 0 Å². The van der Waals surface area contributed by atoms with Gasteiger partial charge in [0.15, 0.2) is 0 Å². The first-order chi connectivity index (χ1) is 5.89. The Bertz CT molecular complexity index is 163. The fourth-order valence-electron chi connectivity index (χ4n) is 2.15. The number of ketones is 1. The quantitative estimate of drug-likeness (QED) is 0.659. The molecule has 0 aliphatic carbocycles. The molecule has 0 aliphatic heterocycles. The monoisotopic (exact) mass is 186 g/mol. The number of ether oxygens (including phenoxy) is 1. The molecular formula is C11H22O2. The van der Waals surface area contributed by atoms with Crippen molar-refractivity contribution >= 4 is 5.78 Å². The second-order valence-electron chi connectivity index (χ2n) is 4.34. The summed E-state index contributed by atoms with van der Waals surface area (Å²) in [5.74, 6) is 0.884. The molecule has 0 aromatic rings. The first-order valence-corrected chi connectivity index (χ1v) is 4.89. The molecule has 0 atom stereocenters. The largest absolute Gasteiger partial charge is 0.384 e. The van der Waals surface area contributed by atoms with Gasteiger partial charge in [-0.05, 0) is 18.8 Å². The summed E-state index contributed by atoms with van der Waals surface area (Å²) < 4.78 is 5.17. The maximum absolute atomic E-state index is 11.7. The minimum absolute atomic E-state index is 0.236. The fourth-order valence-corrected chi connectivity index (χ4v) is 2.15. The molecule has 0 radical (unpaired) electrons. The highest BCUT2D eigenvalue weighted by molar-refractivity contribution is 5.83. The average Bonchev–Trinajstić information content (AvgIpc) is 1.97. The molecule has 2 nitrogen and oxygen atoms in total. The van der Waals surface area contributed by atoms with Crippen LogP contribution in [0.3, 0.4) is 0 Å². The van der Waals surface area contributed by atoms with Gasteiger partial charge in [0.25, 0.3) is 0 Å². The second kappa shape index (κ2) is 4.75. The van der Waals surface area contributed by atoms with Gasteiger partial charge in [-0.15, -0.1) is 0 Å². The normalized spacial score (nSPS) is 12.6. The third kappa shape index (κ3) is 2.31. The van der Waals surface area contributed by atoms with E-state index in [0.717, 1.165) is 0 Å². The fraction of sp³-hybridized carbons (Fsp3) is 0.909. The zero-order chi connectivity index (χ0) is 10.6. The first-order valence-electron chi connectivity index (χ1n) is 4.89. The Morgan fingerprint density at radius 1 is 1.23 bits per heavy atom. The van der Waals surface area contributed by atoms with Crippen LogP contribution >= 0.6 is 0 Å². The Balaban J connectivity index is 4.93. The highest BCUT2D eigenvalue weighted by Gasteiger charge is 2.41. The molecule has 0 saturated heterocycles. The molecule has 0 heterocycles. The van der Waals surface area contributed by atoms with Crippen molar-refractivity contribution in [1.29, 1.82) is 0 Å². The molecule has 0 aliphatic rings. The summed E-state index contributed by atoms with van der Waals surface area (Å²) in [5.41, 5.74) is -0.311. The van der Waals surface area contributed by atoms with E-state index in [1.54, 1.807) is 14.0 Å². The van der Waals surface area contributed by atoms with Gasteiger partial charge < -0.3 is 4.74 Å². The number of hydrogen-bond acceptors (Lipinski definition) is 2. The molecule has 0 N–H and O–H groups in total. The molecule has 2 heteroatoms. The van der Waals surface area contributed by atoms with Gasteiger partial charge in [0, 0.05) is 7.11 Å². The zero-order valence-corrected chi connectivity index (χ0v) is 9.68. The van der Waals surface area contributed by atoms with Crippen LogP contribution in [0, 0.1) is 17.3 Å². The topological polar surface area (TPSA) is 26.3 Å². The van der Waals surface area contributed by atoms with E-state index in [1.807, 2.05) is 0 Å². The highest BCUT2D eigenvalue weighted by Crippen LogP contribution is 2.37. The summed E-state index contributed by atoms with van der Waals surface area (Å²) in [5, 5.41) is 0. The van der Waals surface area contributed by atoms with Crippen LogP contribution in [0.2, 0.25) is 0 Å². The standard InChI is InChI=1S/C11H22O2/c1-8(2)11(7-13-6,9(3)4)10(5)12/h8-9H,7H2,1-6H3. The average molecular weight is 186 g/mol. The maximum Gasteiger partial charge on any atom is 0.138 e. The van der Waals surface area contributed by atoms with Crippen LogP contribution in [-0.4, -0.2) is 19.5 Å². The van der Waals surface area contributed by atoms with Crippen LogP contribution in [0.15, 0.2) is 0 Å². The van der Waals surface area contributed by atoms with Gasteiger partial charge in [-0.3, -0.25) is 4.79 Å². The van der Waals surface area contributed by atoms with Gasteiger partial charge in [-0.1, -0.05) is 27.7 Å². The molecule has 0 bridgehead atoms. The number of Topliss-reactive ketones (excluding diaryl/α,β-unsaturated/α-hetero) is 1. The van der Waals surface area contributed by atoms with E-state index < -0.39 is 0 Å². The number of methoxy groups -OCH3 is 1. The minimum atomic E-state index is -0.311. The van der Waals surface area contributed by atoms with Crippen molar-refractivity contribution in [1.82, 2.24) is 0 Å². The van der Waals surface area contributed by atoms with E-state index in [4.69, 9.17) is 4.74 Å². The van der Waals surface area contributed by atoms with Crippen molar-refractivity contribution in [2.45, 2.75) is 34.6 Å². The summed E-state index contributed by atoms with van der Waals surface area (Å²) in [4.78, 5) is 11.7. The number of rotatable bonds is 5. The molecule has 0 rings (SSSR count). The lowest BCUT2D eigenvalue weighted by molar-refractivity contribution is -0.137. The number of carbonyl (C=O) groups excluding carboxylic acids is 1. The lowest BCUT2D eigenvalue weighted by Gasteiger charge is -2.38. The van der Waals surface area contributed by atoms with Gasteiger partial charge in [-0.2, -0.15) is 0 Å². The second-order valence-corrected chi connectivity index (χ2v) is 4.34. The van der Waals surface area contributed by atoms with E-state index in [1.165, 1.54) is 0 Å². The van der Waals surface area contributed by atoms with Crippen LogP contribution in [0.4, 0.5) is 0 Å². The van der Waals surface area contributed by atoms with Crippen molar-refractivity contribution in [2.24, 2.45) is 17.3 Å². The molecule has 0 spiro atoms. The molecule has 0 amide bonds. The van der Waals surface area contributed by atoms with Gasteiger partial charge in [0.2, 0.25) is 0 Å². The van der Waals surface area contributed by atoms with E-state index in [0.29, 0.717) is 18.4 Å². The van der Waals surface area contributed by atoms with Crippen LogP contribution in [0.5, 0.6) is 0 Å². The van der Waals surface area contributed by atoms with Crippen LogP contribution in [-0.2, 0) is 9.53 Å². The molecule has 13 heavy (non-hydrogen) atoms. The van der Waals surface area contributed by atoms with E-state index in [2.05, 4.69) is 27.7 Å². The number of hydrogen-bond donors (Lipinski definition) is 0. The van der Waals surface area contributed by atoms with Crippen molar-refractivity contribution < 1.29 is 9.53 Å². The SMILES string of the molecule is COCC(C(C)=O)(C(C)C)C(C)C. The third-order valence-electron chi connectivity index (χ3n) is 3.10. The van der Waals surface area contributed by atoms with Gasteiger partial charge in [0.05, 0.1) is 12.0 Å². The molecule has 0 fully saturated rings. The van der Waals surface area contributed by atoms with Crippen molar-refractivity contribution in [3.63, 3.8) is 0 Å². The maximum atomic E-state index is 11.7. The first kappa shape index (κ1) is 12.6. The minimum Gasteiger partial charge on any atom is -0.384 e. The van der Waals surface area contributed by atoms with Gasteiger partial charge in [0.1, 0.15) is 5.78 Å². The Kier molecular flexibility index (Phi) is 4.62. The van der Waals surface area contributed by atoms with Gasteiger partial charge in [-0.25, -0.2) is 0 Å². The van der Waals surface area contributed by atoms with Crippen molar-refractivity contribution in [2.75, 3.05) is 13.7 Å². The molecule has 0 unspecified atom stereocenters. The van der Waals surface area contributed by atoms with Crippen molar-refractivity contribution in [3.05, 3.63) is 0 Å². The summed E-state index contributed by atoms with van der Waals surface area (Å²) in [6.07, 6.45) is 0. The Labute approximate surface area is 81.7 Å². The van der Waals surface area contributed by atoms with E-state index >= 15 is 0 Å². The smallest absolute Gasteiger partial charge is 0.138 e. The lowest BCUT2D eigenvalue weighted by atomic mass is 9.67. The predicted octanol–water partition coefficient (Wildman–Crippen LogP) is 2.52. The molecule has 0 saturated carbocycles. The molecule has 0 aromatic heterocycles. The Hall–Kier alpha value is -0.370. The lowest BCUT2D eigenvalue weighted by Crippen LogP contribution is -2.43. The van der Waals surface area contributed by atoms with E-state index in [-0.39, 0.29) is 11.2 Å². The van der Waals surface area contributed by atoms with Crippen LogP contribution in [0.1, 0.15) is 34.6 Å². The third-order valence-corrected chi connectivity index (χ3v) is 3.10. The summed E-state index contributed by atoms with van der Waals surface area (Å²) >= 11 is 0. The molecular weight excluding hydrogens is 164 g/mol. The highest BCUT2D eigenvalue weighted by atomic mass is 16.5. The van der Waals surface area contributed by atoms with Crippen LogP contribution in [0.25, 0.3) is 0 Å². The Morgan fingerprint density at radius 3 is 1.69 bits per heavy atom. The molecule has 0 aromatic carbocycles.